The van der Waals surface area contributed by atoms with Crippen LogP contribution in [0, 0.1) is 0 Å². The van der Waals surface area contributed by atoms with Crippen molar-refractivity contribution in [3.8, 4) is 0 Å². The van der Waals surface area contributed by atoms with Crippen LogP contribution in [-0.4, -0.2) is 59.9 Å². The third-order valence-electron chi connectivity index (χ3n) is 7.33. The van der Waals surface area contributed by atoms with Crippen molar-refractivity contribution >= 4 is 25.7 Å². The molecule has 0 heterocycles. The predicted molar refractivity (Wildman–Crippen MR) is 217 cm³/mol. The molecule has 0 aliphatic rings. The van der Waals surface area contributed by atoms with Gasteiger partial charge in [0.25, 0.3) is 0 Å². The molecule has 0 aromatic rings. The Hall–Kier alpha value is -3.60. The number of aliphatic carboxylic acids is 1. The highest BCUT2D eigenvalue weighted by Gasteiger charge is 2.28. The molecule has 11 nitrogen and oxygen atoms in total. The lowest BCUT2D eigenvalue weighted by atomic mass is 10.1. The molecule has 0 saturated carbocycles. The van der Waals surface area contributed by atoms with Crippen LogP contribution in [0.3, 0.4) is 0 Å². The predicted octanol–water partition coefficient (Wildman–Crippen LogP) is 9.72. The molecule has 0 aliphatic heterocycles. The number of hydrogen-bond acceptors (Lipinski definition) is 9. The number of carbonyl (C=O) groups excluding carboxylic acids is 2. The Morgan fingerprint density at radius 1 is 0.574 bits per heavy atom. The Morgan fingerprint density at radius 2 is 0.963 bits per heavy atom. The van der Waals surface area contributed by atoms with Gasteiger partial charge in [-0.25, -0.2) is 4.57 Å². The number of phosphoric ester groups is 1. The monoisotopic (exact) mass is 775 g/mol. The molecule has 0 aromatic heterocycles. The van der Waals surface area contributed by atoms with Crippen molar-refractivity contribution in [2.75, 3.05) is 19.8 Å². The number of ether oxygens (including phenoxy) is 2. The summed E-state index contributed by atoms with van der Waals surface area (Å²) in [5.74, 6) is -2.51. The second-order valence-electron chi connectivity index (χ2n) is 12.3. The second-order valence-corrected chi connectivity index (χ2v) is 13.7. The van der Waals surface area contributed by atoms with Gasteiger partial charge in [-0.3, -0.25) is 23.4 Å². The summed E-state index contributed by atoms with van der Waals surface area (Å²) >= 11 is 0. The maximum absolute atomic E-state index is 12.6. The van der Waals surface area contributed by atoms with Gasteiger partial charge in [0.05, 0.1) is 13.2 Å². The van der Waals surface area contributed by atoms with Crippen LogP contribution in [0.2, 0.25) is 0 Å². The van der Waals surface area contributed by atoms with Crippen LogP contribution >= 0.6 is 7.82 Å². The smallest absolute Gasteiger partial charge is 0.472 e. The lowest BCUT2D eigenvalue weighted by Crippen LogP contribution is -2.34. The van der Waals surface area contributed by atoms with E-state index in [1.165, 1.54) is 0 Å². The van der Waals surface area contributed by atoms with E-state index in [9.17, 15) is 23.8 Å². The van der Waals surface area contributed by atoms with Gasteiger partial charge in [-0.2, -0.15) is 0 Å². The Morgan fingerprint density at radius 3 is 1.39 bits per heavy atom. The summed E-state index contributed by atoms with van der Waals surface area (Å²) < 4.78 is 32.5. The molecule has 0 aromatic carbocycles. The highest BCUT2D eigenvalue weighted by molar-refractivity contribution is 7.47. The van der Waals surface area contributed by atoms with E-state index in [1.54, 1.807) is 0 Å². The molecule has 0 saturated heterocycles. The van der Waals surface area contributed by atoms with Gasteiger partial charge in [-0.1, -0.05) is 111 Å². The maximum Gasteiger partial charge on any atom is 0.472 e. The minimum atomic E-state index is -4.74. The molecular weight excluding hydrogens is 709 g/mol. The van der Waals surface area contributed by atoms with Crippen molar-refractivity contribution in [3.63, 3.8) is 0 Å². The quantitative estimate of drug-likeness (QED) is 0.0246. The molecule has 3 atom stereocenters. The van der Waals surface area contributed by atoms with Gasteiger partial charge in [-0.15, -0.1) is 0 Å². The van der Waals surface area contributed by atoms with Gasteiger partial charge in [0.15, 0.2) is 6.10 Å². The van der Waals surface area contributed by atoms with Crippen LogP contribution in [0.5, 0.6) is 0 Å². The van der Waals surface area contributed by atoms with Crippen molar-refractivity contribution in [2.24, 2.45) is 5.73 Å². The third-order valence-corrected chi connectivity index (χ3v) is 8.28. The first kappa shape index (κ1) is 50.4. The van der Waals surface area contributed by atoms with Crippen LogP contribution in [0.15, 0.2) is 97.2 Å². The van der Waals surface area contributed by atoms with Crippen molar-refractivity contribution in [2.45, 2.75) is 129 Å². The molecule has 0 radical (unpaired) electrons. The van der Waals surface area contributed by atoms with Gasteiger partial charge in [0, 0.05) is 12.8 Å². The maximum atomic E-state index is 12.6. The number of carbonyl (C=O) groups is 3. The largest absolute Gasteiger partial charge is 0.480 e. The van der Waals surface area contributed by atoms with E-state index in [2.05, 4.69) is 116 Å². The Balaban J connectivity index is 4.61. The van der Waals surface area contributed by atoms with Gasteiger partial charge in [0.1, 0.15) is 12.6 Å². The minimum absolute atomic E-state index is 0.0933. The number of rotatable bonds is 34. The summed E-state index contributed by atoms with van der Waals surface area (Å²) in [6.07, 6.45) is 44.9. The fraction of sp³-hybridized carbons (Fsp3) is 0.548. The highest BCUT2D eigenvalue weighted by Crippen LogP contribution is 2.43. The molecule has 54 heavy (non-hydrogen) atoms. The SMILES string of the molecule is CC/C=C\C/C=C\C/C=C\C/C=C\CCCCC(=O)OC[C@H](COP(=O)(O)OC[C@H](N)C(=O)O)OC(=O)CCCC/C=C\C/C=C\C/C=C\C/C=C\CC. The van der Waals surface area contributed by atoms with Crippen LogP contribution in [0.25, 0.3) is 0 Å². The number of carboxylic acids is 1. The summed E-state index contributed by atoms with van der Waals surface area (Å²) in [5.41, 5.74) is 5.31. The second kappa shape index (κ2) is 36.4. The molecule has 304 valence electrons. The number of allylic oxidation sites excluding steroid dienone is 16. The summed E-state index contributed by atoms with van der Waals surface area (Å²) in [5, 5.41) is 8.86. The number of phosphoric acid groups is 1. The molecule has 0 rings (SSSR count). The zero-order chi connectivity index (χ0) is 40.0. The topological polar surface area (TPSA) is 172 Å². The number of carboxylic acid groups (broad SMARTS) is 1. The standard InChI is InChI=1S/C42H66NO10P/c1-3-5-7-9-11-13-15-17-19-21-23-25-27-29-31-33-40(44)50-35-38(36-51-54(48,49)52-37-39(43)42(46)47)53-41(45)34-32-30-28-26-24-22-20-18-16-14-12-10-8-6-4-2/h5-8,11-14,17-20,23-26,38-39H,3-4,9-10,15-16,21-22,27-37,43H2,1-2H3,(H,46,47)(H,48,49)/b7-5-,8-6-,13-11-,14-12-,19-17-,20-18-,25-23-,26-24-/t38-,39+/m1/s1. The molecule has 1 unspecified atom stereocenters. The van der Waals surface area contributed by atoms with Gasteiger partial charge in [0.2, 0.25) is 0 Å². The first-order valence-corrected chi connectivity index (χ1v) is 20.8. The average Bonchev–Trinajstić information content (AvgIpc) is 3.14. The lowest BCUT2D eigenvalue weighted by molar-refractivity contribution is -0.161. The zero-order valence-electron chi connectivity index (χ0n) is 32.5. The third kappa shape index (κ3) is 35.4. The lowest BCUT2D eigenvalue weighted by Gasteiger charge is -2.20. The number of hydrogen-bond donors (Lipinski definition) is 3. The average molecular weight is 776 g/mol. The van der Waals surface area contributed by atoms with Gasteiger partial charge in [-0.05, 0) is 89.9 Å². The van der Waals surface area contributed by atoms with Crippen LogP contribution < -0.4 is 5.73 Å². The van der Waals surface area contributed by atoms with Crippen molar-refractivity contribution in [1.82, 2.24) is 0 Å². The molecule has 0 fully saturated rings. The van der Waals surface area contributed by atoms with E-state index in [1.807, 2.05) is 0 Å². The molecule has 12 heteroatoms. The molecule has 0 aliphatic carbocycles. The van der Waals surface area contributed by atoms with E-state index in [0.29, 0.717) is 12.8 Å². The molecule has 0 spiro atoms. The summed E-state index contributed by atoms with van der Waals surface area (Å²) in [6, 6.07) is -1.54. The fourth-order valence-electron chi connectivity index (χ4n) is 4.34. The van der Waals surface area contributed by atoms with E-state index in [-0.39, 0.29) is 12.8 Å². The first-order chi connectivity index (χ1) is 26.1. The summed E-state index contributed by atoms with van der Waals surface area (Å²) in [6.45, 7) is 2.44. The normalized spacial score (nSPS) is 14.9. The molecule has 0 amide bonds. The fourth-order valence-corrected chi connectivity index (χ4v) is 5.12. The molecule has 4 N–H and O–H groups in total. The van der Waals surface area contributed by atoms with Crippen LogP contribution in [0.4, 0.5) is 0 Å². The number of nitrogens with two attached hydrogens (primary N) is 1. The highest BCUT2D eigenvalue weighted by atomic mass is 31.2. The van der Waals surface area contributed by atoms with E-state index in [4.69, 9.17) is 24.8 Å². The van der Waals surface area contributed by atoms with Crippen molar-refractivity contribution < 1.29 is 47.5 Å². The Labute approximate surface area is 324 Å². The minimum Gasteiger partial charge on any atom is -0.480 e. The first-order valence-electron chi connectivity index (χ1n) is 19.3. The van der Waals surface area contributed by atoms with Crippen molar-refractivity contribution in [3.05, 3.63) is 97.2 Å². The van der Waals surface area contributed by atoms with Crippen LogP contribution in [0.1, 0.15) is 117 Å². The zero-order valence-corrected chi connectivity index (χ0v) is 33.4. The van der Waals surface area contributed by atoms with Gasteiger partial charge >= 0.3 is 25.7 Å². The molecule has 0 bridgehead atoms. The van der Waals surface area contributed by atoms with Crippen molar-refractivity contribution in [1.29, 1.82) is 0 Å². The van der Waals surface area contributed by atoms with E-state index in [0.717, 1.165) is 77.0 Å². The summed E-state index contributed by atoms with van der Waals surface area (Å²) in [4.78, 5) is 45.8. The Kier molecular flexibility index (Phi) is 34.0. The summed E-state index contributed by atoms with van der Waals surface area (Å²) in [7, 11) is -4.74. The molecular formula is C42H66NO10P. The van der Waals surface area contributed by atoms with E-state index >= 15 is 0 Å². The van der Waals surface area contributed by atoms with Crippen LogP contribution in [-0.2, 0) is 37.5 Å². The van der Waals surface area contributed by atoms with E-state index < -0.39 is 57.7 Å². The Bertz CT molecular complexity index is 1280. The number of esters is 2. The number of unbranched alkanes of at least 4 members (excludes halogenated alkanes) is 4. The van der Waals surface area contributed by atoms with Gasteiger partial charge < -0.3 is 25.2 Å².